The molecular weight excluding hydrogens is 294 g/mol. The van der Waals surface area contributed by atoms with Crippen molar-refractivity contribution in [1.82, 2.24) is 0 Å². The molecule has 21 heavy (non-hydrogen) atoms. The number of ether oxygens (including phenoxy) is 1. The number of Topliss-reactive ketones (excluding diaryl/α,β-unsaturated/α-hetero) is 1. The third-order valence-corrected chi connectivity index (χ3v) is 5.31. The first-order valence-corrected chi connectivity index (χ1v) is 10.6. The Kier molecular flexibility index (Phi) is 5.25. The normalized spacial score (nSPS) is 18.6. The number of hydrogen-bond donors (Lipinski definition) is 0. The summed E-state index contributed by atoms with van der Waals surface area (Å²) in [4.78, 5) is 23.7. The first kappa shape index (κ1) is 17.7. The summed E-state index contributed by atoms with van der Waals surface area (Å²) < 4.78 is 33.2. The lowest BCUT2D eigenvalue weighted by Gasteiger charge is -2.31. The van der Waals surface area contributed by atoms with Crippen LogP contribution in [0.1, 0.15) is 33.1 Å². The Morgan fingerprint density at radius 3 is 2.29 bits per heavy atom. The maximum Gasteiger partial charge on any atom is 0.365 e. The van der Waals surface area contributed by atoms with Gasteiger partial charge in [0.25, 0.3) is 0 Å². The third-order valence-electron chi connectivity index (χ3n) is 3.26. The predicted octanol–water partition coefficient (Wildman–Crippen LogP) is 4.02. The molecule has 0 atom stereocenters. The molecule has 0 saturated carbocycles. The lowest BCUT2D eigenvalue weighted by Crippen LogP contribution is -2.44. The van der Waals surface area contributed by atoms with Crippen LogP contribution in [0.5, 0.6) is 0 Å². The Morgan fingerprint density at radius 1 is 1.29 bits per heavy atom. The summed E-state index contributed by atoms with van der Waals surface area (Å²) in [5.41, 5.74) is 0.560. The maximum atomic E-state index is 14.2. The highest BCUT2D eigenvalue weighted by atomic mass is 28.3. The molecule has 6 heteroatoms. The van der Waals surface area contributed by atoms with Crippen molar-refractivity contribution >= 4 is 19.8 Å². The number of halogens is 2. The number of carbonyl (C=O) groups is 2. The number of allylic oxidation sites excluding steroid dienone is 4. The van der Waals surface area contributed by atoms with Crippen LogP contribution in [0.15, 0.2) is 22.6 Å². The van der Waals surface area contributed by atoms with Crippen molar-refractivity contribution in [3.63, 3.8) is 0 Å². The van der Waals surface area contributed by atoms with Gasteiger partial charge in [-0.3, -0.25) is 9.59 Å². The van der Waals surface area contributed by atoms with Gasteiger partial charge in [0, 0.05) is 6.42 Å². The van der Waals surface area contributed by atoms with Crippen LogP contribution in [0.4, 0.5) is 8.78 Å². The lowest BCUT2D eigenvalue weighted by atomic mass is 9.99. The van der Waals surface area contributed by atoms with Crippen molar-refractivity contribution < 1.29 is 23.1 Å². The molecule has 0 amide bonds. The van der Waals surface area contributed by atoms with Crippen molar-refractivity contribution in [2.24, 2.45) is 0 Å². The Morgan fingerprint density at radius 2 is 1.86 bits per heavy atom. The summed E-state index contributed by atoms with van der Waals surface area (Å²) in [5.74, 6) is -6.52. The minimum absolute atomic E-state index is 0.0493. The van der Waals surface area contributed by atoms with Gasteiger partial charge in [0.15, 0.2) is 5.76 Å². The van der Waals surface area contributed by atoms with E-state index >= 15 is 0 Å². The van der Waals surface area contributed by atoms with Crippen LogP contribution in [0.3, 0.4) is 0 Å². The molecule has 0 aromatic carbocycles. The van der Waals surface area contributed by atoms with E-state index in [1.807, 2.05) is 19.6 Å². The molecule has 3 nitrogen and oxygen atoms in total. The van der Waals surface area contributed by atoms with Crippen molar-refractivity contribution in [1.29, 1.82) is 0 Å². The zero-order chi connectivity index (χ0) is 16.4. The third kappa shape index (κ3) is 3.67. The molecule has 0 N–H and O–H groups in total. The van der Waals surface area contributed by atoms with Gasteiger partial charge in [-0.05, 0) is 29.7 Å². The zero-order valence-electron chi connectivity index (χ0n) is 13.2. The van der Waals surface area contributed by atoms with Gasteiger partial charge < -0.3 is 4.74 Å². The Bertz CT molecular complexity index is 514. The fourth-order valence-electron chi connectivity index (χ4n) is 2.31. The molecule has 0 spiro atoms. The fourth-order valence-corrected chi connectivity index (χ4v) is 4.36. The van der Waals surface area contributed by atoms with Gasteiger partial charge in [0.1, 0.15) is 0 Å². The Labute approximate surface area is 125 Å². The smallest absolute Gasteiger partial charge is 0.365 e. The first-order chi connectivity index (χ1) is 9.55. The summed E-state index contributed by atoms with van der Waals surface area (Å²) in [5, 5.41) is 0.241. The van der Waals surface area contributed by atoms with E-state index in [4.69, 9.17) is 4.74 Å². The van der Waals surface area contributed by atoms with Gasteiger partial charge >= 0.3 is 11.9 Å². The second-order valence-corrected chi connectivity index (χ2v) is 11.1. The average Bonchev–Trinajstić information content (AvgIpc) is 2.33. The minimum atomic E-state index is -3.75. The fraction of sp³-hybridized carbons (Fsp3) is 0.600. The average molecular weight is 316 g/mol. The molecule has 0 aromatic heterocycles. The molecule has 0 fully saturated rings. The molecule has 0 aromatic rings. The van der Waals surface area contributed by atoms with Gasteiger partial charge in [0.05, 0.1) is 8.07 Å². The van der Waals surface area contributed by atoms with E-state index in [0.29, 0.717) is 18.4 Å². The second-order valence-electron chi connectivity index (χ2n) is 6.14. The summed E-state index contributed by atoms with van der Waals surface area (Å²) in [7, 11) is -2.21. The van der Waals surface area contributed by atoms with Crippen molar-refractivity contribution in [3.8, 4) is 0 Å². The molecule has 118 valence electrons. The topological polar surface area (TPSA) is 43.4 Å². The maximum absolute atomic E-state index is 14.2. The van der Waals surface area contributed by atoms with Crippen LogP contribution in [-0.4, -0.2) is 25.7 Å². The molecule has 0 saturated heterocycles. The summed E-state index contributed by atoms with van der Waals surface area (Å²) in [6, 6.07) is 0. The molecule has 0 aliphatic heterocycles. The van der Waals surface area contributed by atoms with Gasteiger partial charge in [0.2, 0.25) is 5.78 Å². The highest BCUT2D eigenvalue weighted by Gasteiger charge is 2.52. The largest absolute Gasteiger partial charge is 0.424 e. The van der Waals surface area contributed by atoms with Crippen LogP contribution in [0, 0.1) is 0 Å². The molecular formula is C15H22F2O3Si. The Hall–Kier alpha value is -1.30. The van der Waals surface area contributed by atoms with E-state index in [0.717, 1.165) is 0 Å². The molecule has 1 rings (SSSR count). The van der Waals surface area contributed by atoms with Crippen LogP contribution in [-0.2, 0) is 14.3 Å². The Balaban J connectivity index is 3.32. The quantitative estimate of drug-likeness (QED) is 0.568. The van der Waals surface area contributed by atoms with Crippen molar-refractivity contribution in [3.05, 3.63) is 22.6 Å². The molecule has 0 unspecified atom stereocenters. The molecule has 0 heterocycles. The van der Waals surface area contributed by atoms with Crippen LogP contribution in [0.2, 0.25) is 19.6 Å². The van der Waals surface area contributed by atoms with Crippen LogP contribution < -0.4 is 0 Å². The van der Waals surface area contributed by atoms with E-state index in [1.165, 1.54) is 6.08 Å². The number of carbonyl (C=O) groups excluding carboxylic acids is 2. The summed E-state index contributed by atoms with van der Waals surface area (Å²) >= 11 is 0. The second kappa shape index (κ2) is 6.21. The minimum Gasteiger partial charge on any atom is -0.424 e. The van der Waals surface area contributed by atoms with Crippen molar-refractivity contribution in [2.75, 3.05) is 0 Å². The lowest BCUT2D eigenvalue weighted by molar-refractivity contribution is -0.150. The predicted molar refractivity (Wildman–Crippen MR) is 79.7 cm³/mol. The van der Waals surface area contributed by atoms with Gasteiger partial charge in [-0.15, -0.1) is 0 Å². The van der Waals surface area contributed by atoms with E-state index in [2.05, 4.69) is 0 Å². The first-order valence-electron chi connectivity index (χ1n) is 7.14. The number of hydrogen-bond acceptors (Lipinski definition) is 3. The molecule has 1 aliphatic rings. The number of ketones is 1. The van der Waals surface area contributed by atoms with Crippen LogP contribution >= 0.6 is 0 Å². The highest BCUT2D eigenvalue weighted by Crippen LogP contribution is 2.39. The van der Waals surface area contributed by atoms with Gasteiger partial charge in [-0.25, -0.2) is 0 Å². The summed E-state index contributed by atoms with van der Waals surface area (Å²) in [6.07, 6.45) is 2.19. The monoisotopic (exact) mass is 316 g/mol. The molecule has 1 aliphatic carbocycles. The zero-order valence-corrected chi connectivity index (χ0v) is 14.2. The number of esters is 1. The highest BCUT2D eigenvalue weighted by molar-refractivity contribution is 6.87. The van der Waals surface area contributed by atoms with Gasteiger partial charge in [-0.2, -0.15) is 8.78 Å². The summed E-state index contributed by atoms with van der Waals surface area (Å²) in [6.45, 7) is 9.12. The van der Waals surface area contributed by atoms with E-state index in [9.17, 15) is 18.4 Å². The van der Waals surface area contributed by atoms with E-state index < -0.39 is 31.5 Å². The molecule has 0 radical (unpaired) electrons. The van der Waals surface area contributed by atoms with Crippen LogP contribution in [0.25, 0.3) is 0 Å². The van der Waals surface area contributed by atoms with E-state index in [1.54, 1.807) is 13.8 Å². The molecule has 0 bridgehead atoms. The number of alkyl halides is 2. The van der Waals surface area contributed by atoms with E-state index in [-0.39, 0.29) is 11.6 Å². The van der Waals surface area contributed by atoms with Crippen molar-refractivity contribution in [2.45, 2.75) is 58.7 Å². The number of rotatable bonds is 5. The van der Waals surface area contributed by atoms with Gasteiger partial charge in [-0.1, -0.05) is 33.5 Å². The standard InChI is InChI=1S/C15H22F2O3Si/c1-6-8-12(18)20-11-9-10(7-2)13(21(3,4)5)14(19)15(11,16)17/h9H,6-8H2,1-5H3. The SMILES string of the molecule is CCCC(=O)OC1=CC(CC)=C([Si](C)(C)C)C(=O)C1(F)F.